The summed E-state index contributed by atoms with van der Waals surface area (Å²) in [6, 6.07) is 0. The van der Waals surface area contributed by atoms with Gasteiger partial charge in [0.15, 0.2) is 5.96 Å². The van der Waals surface area contributed by atoms with Gasteiger partial charge in [0.05, 0.1) is 5.54 Å². The number of carbonyl (C=O) groups excluding carboxylic acids is 1. The minimum absolute atomic E-state index is 0.0790. The van der Waals surface area contributed by atoms with Crippen molar-refractivity contribution in [1.82, 2.24) is 10.6 Å². The number of thiol groups is 1. The molecule has 0 heterocycles. The molecule has 8 rings (SSSR count). The van der Waals surface area contributed by atoms with Crippen LogP contribution in [0, 0.1) is 35.5 Å². The minimum Gasteiger partial charge on any atom is -0.351 e. The number of nitrogens with zero attached hydrogens (tertiary/aromatic N) is 1. The molecule has 0 saturated heterocycles. The predicted octanol–water partition coefficient (Wildman–Crippen LogP) is 4.51. The summed E-state index contributed by atoms with van der Waals surface area (Å²) in [6.45, 7) is 0. The van der Waals surface area contributed by atoms with Crippen LogP contribution in [0.4, 0.5) is 4.79 Å². The molecular weight excluding hydrogens is 354 g/mol. The van der Waals surface area contributed by atoms with Gasteiger partial charge in [-0.05, 0) is 113 Å². The van der Waals surface area contributed by atoms with E-state index in [4.69, 9.17) is 4.99 Å². The first-order chi connectivity index (χ1) is 13.0. The maximum atomic E-state index is 11.9. The number of nitrogens with one attached hydrogen (secondary N) is 2. The summed E-state index contributed by atoms with van der Waals surface area (Å²) in [5.74, 6) is 6.01. The summed E-state index contributed by atoms with van der Waals surface area (Å²) < 4.78 is 0. The van der Waals surface area contributed by atoms with Gasteiger partial charge in [-0.25, -0.2) is 4.99 Å². The second-order valence-corrected chi connectivity index (χ2v) is 11.8. The number of carbonyl (C=O) groups is 1. The van der Waals surface area contributed by atoms with Gasteiger partial charge in [0, 0.05) is 5.54 Å². The third-order valence-corrected chi connectivity index (χ3v) is 9.11. The largest absolute Gasteiger partial charge is 0.351 e. The van der Waals surface area contributed by atoms with Gasteiger partial charge in [0.25, 0.3) is 5.24 Å². The number of amides is 1. The van der Waals surface area contributed by atoms with Crippen molar-refractivity contribution in [3.63, 3.8) is 0 Å². The Morgan fingerprint density at radius 1 is 0.741 bits per heavy atom. The summed E-state index contributed by atoms with van der Waals surface area (Å²) in [4.78, 5) is 17.2. The Bertz CT molecular complexity index is 616. The molecule has 1 amide bonds. The van der Waals surface area contributed by atoms with E-state index in [1.807, 2.05) is 0 Å². The second-order valence-electron chi connectivity index (χ2n) is 11.4. The van der Waals surface area contributed by atoms with Gasteiger partial charge < -0.3 is 5.32 Å². The normalized spacial score (nSPS) is 52.3. The highest BCUT2D eigenvalue weighted by molar-refractivity contribution is 7.96. The molecule has 8 bridgehead atoms. The van der Waals surface area contributed by atoms with Crippen molar-refractivity contribution < 1.29 is 4.79 Å². The van der Waals surface area contributed by atoms with Crippen LogP contribution >= 0.6 is 12.6 Å². The van der Waals surface area contributed by atoms with Gasteiger partial charge in [-0.3, -0.25) is 10.1 Å². The fourth-order valence-corrected chi connectivity index (χ4v) is 9.25. The Kier molecular flexibility index (Phi) is 3.75. The zero-order chi connectivity index (χ0) is 18.2. The lowest BCUT2D eigenvalue weighted by molar-refractivity contribution is -0.0121. The number of aliphatic imine (C=N–C) groups is 1. The monoisotopic (exact) mass is 387 g/mol. The van der Waals surface area contributed by atoms with Crippen LogP contribution in [0.25, 0.3) is 0 Å². The van der Waals surface area contributed by atoms with Crippen molar-refractivity contribution in [3.8, 4) is 0 Å². The van der Waals surface area contributed by atoms with Crippen LogP contribution in [0.2, 0.25) is 0 Å². The topological polar surface area (TPSA) is 53.5 Å². The molecule has 8 aliphatic rings. The lowest BCUT2D eigenvalue weighted by Gasteiger charge is -2.57. The summed E-state index contributed by atoms with van der Waals surface area (Å²) >= 11 is 4.03. The van der Waals surface area contributed by atoms with Gasteiger partial charge in [0.1, 0.15) is 0 Å². The molecule has 0 unspecified atom stereocenters. The van der Waals surface area contributed by atoms with E-state index in [0.717, 1.165) is 41.5 Å². The van der Waals surface area contributed by atoms with Crippen molar-refractivity contribution in [2.45, 2.75) is 88.1 Å². The van der Waals surface area contributed by atoms with E-state index >= 15 is 0 Å². The molecule has 0 spiro atoms. The van der Waals surface area contributed by atoms with Gasteiger partial charge in [-0.1, -0.05) is 12.6 Å². The summed E-state index contributed by atoms with van der Waals surface area (Å²) in [5.41, 5.74) is 0.252. The summed E-state index contributed by atoms with van der Waals surface area (Å²) in [5, 5.41) is 6.55. The summed E-state index contributed by atoms with van der Waals surface area (Å²) in [6.07, 6.45) is 16.0. The Hall–Kier alpha value is -0.710. The Balaban J connectivity index is 1.29. The highest BCUT2D eigenvalue weighted by Gasteiger charge is 2.53. The van der Waals surface area contributed by atoms with Crippen molar-refractivity contribution >= 4 is 23.8 Å². The van der Waals surface area contributed by atoms with Gasteiger partial charge >= 0.3 is 0 Å². The molecule has 0 aromatic heterocycles. The zero-order valence-electron chi connectivity index (χ0n) is 16.3. The first kappa shape index (κ1) is 17.2. The molecule has 5 heteroatoms. The average molecular weight is 388 g/mol. The van der Waals surface area contributed by atoms with Crippen LogP contribution in [0.1, 0.15) is 77.0 Å². The molecule has 0 aromatic rings. The SMILES string of the molecule is O=C(S)NC(=NC12CC3CC(CC(C3)C1)C2)NC12CC3CC(CC(C3)C1)C2. The number of hydrogen-bond donors (Lipinski definition) is 3. The molecule has 0 aromatic carbocycles. The first-order valence-corrected chi connectivity index (χ1v) is 11.8. The fourth-order valence-electron chi connectivity index (χ4n) is 9.14. The number of rotatable bonds is 2. The fraction of sp³-hybridized carbons (Fsp3) is 0.909. The highest BCUT2D eigenvalue weighted by Crippen LogP contribution is 2.58. The van der Waals surface area contributed by atoms with E-state index in [1.165, 1.54) is 77.0 Å². The van der Waals surface area contributed by atoms with E-state index in [1.54, 1.807) is 0 Å². The Labute approximate surface area is 168 Å². The standard InChI is InChI=1S/C22H33N3OS/c26-20(27)23-19(24-21-7-13-1-14(8-21)3-15(2-13)9-21)25-22-10-16-4-17(11-22)6-18(5-16)12-22/h13-18H,1-12H2,(H3,23,24,25,26,27). The molecule has 4 nitrogen and oxygen atoms in total. The predicted molar refractivity (Wildman–Crippen MR) is 110 cm³/mol. The lowest BCUT2D eigenvalue weighted by atomic mass is 9.53. The van der Waals surface area contributed by atoms with Crippen LogP contribution in [-0.2, 0) is 0 Å². The van der Waals surface area contributed by atoms with Crippen LogP contribution in [0.5, 0.6) is 0 Å². The third-order valence-electron chi connectivity index (χ3n) is 9.00. The van der Waals surface area contributed by atoms with E-state index in [9.17, 15) is 4.79 Å². The van der Waals surface area contributed by atoms with Crippen LogP contribution in [0.15, 0.2) is 4.99 Å². The molecule has 2 N–H and O–H groups in total. The molecule has 0 atom stereocenters. The molecule has 8 saturated carbocycles. The molecule has 0 aliphatic heterocycles. The minimum atomic E-state index is -0.282. The van der Waals surface area contributed by atoms with E-state index in [0.29, 0.717) is 0 Å². The highest BCUT2D eigenvalue weighted by atomic mass is 32.1. The van der Waals surface area contributed by atoms with Crippen LogP contribution < -0.4 is 10.6 Å². The van der Waals surface area contributed by atoms with E-state index < -0.39 is 0 Å². The quantitative estimate of drug-likeness (QED) is 0.371. The molecule has 0 radical (unpaired) electrons. The van der Waals surface area contributed by atoms with Crippen molar-refractivity contribution in [3.05, 3.63) is 0 Å². The van der Waals surface area contributed by atoms with Gasteiger partial charge in [-0.15, -0.1) is 0 Å². The molecule has 8 aliphatic carbocycles. The van der Waals surface area contributed by atoms with E-state index in [2.05, 4.69) is 23.3 Å². The van der Waals surface area contributed by atoms with Gasteiger partial charge in [-0.2, -0.15) is 0 Å². The maximum Gasteiger partial charge on any atom is 0.282 e. The Morgan fingerprint density at radius 3 is 1.56 bits per heavy atom. The lowest BCUT2D eigenvalue weighted by Crippen LogP contribution is -2.62. The average Bonchev–Trinajstić information content (AvgIpc) is 2.50. The van der Waals surface area contributed by atoms with Crippen molar-refractivity contribution in [2.24, 2.45) is 40.5 Å². The van der Waals surface area contributed by atoms with Crippen LogP contribution in [-0.4, -0.2) is 22.3 Å². The smallest absolute Gasteiger partial charge is 0.282 e. The van der Waals surface area contributed by atoms with Crippen LogP contribution in [0.3, 0.4) is 0 Å². The van der Waals surface area contributed by atoms with Crippen molar-refractivity contribution in [1.29, 1.82) is 0 Å². The van der Waals surface area contributed by atoms with Gasteiger partial charge in [0.2, 0.25) is 0 Å². The molecule has 8 fully saturated rings. The Morgan fingerprint density at radius 2 is 1.15 bits per heavy atom. The van der Waals surface area contributed by atoms with Crippen molar-refractivity contribution in [2.75, 3.05) is 0 Å². The molecule has 27 heavy (non-hydrogen) atoms. The maximum absolute atomic E-state index is 11.9. The number of hydrogen-bond acceptors (Lipinski definition) is 2. The molecular formula is C22H33N3OS. The molecule has 148 valence electrons. The zero-order valence-corrected chi connectivity index (χ0v) is 17.1. The van der Waals surface area contributed by atoms with E-state index in [-0.39, 0.29) is 16.3 Å². The first-order valence-electron chi connectivity index (χ1n) is 11.3. The summed E-state index contributed by atoms with van der Waals surface area (Å²) in [7, 11) is 0. The number of guanidine groups is 1. The third kappa shape index (κ3) is 3.03. The second kappa shape index (κ2) is 5.90.